The predicted molar refractivity (Wildman–Crippen MR) is 76.3 cm³/mol. The van der Waals surface area contributed by atoms with Crippen LogP contribution in [0.15, 0.2) is 4.52 Å². The number of hydrogen-bond donors (Lipinski definition) is 1. The van der Waals surface area contributed by atoms with E-state index in [0.29, 0.717) is 18.7 Å². The lowest BCUT2D eigenvalue weighted by molar-refractivity contribution is -0.186. The summed E-state index contributed by atoms with van der Waals surface area (Å²) < 4.78 is 43.7. The maximum Gasteiger partial charge on any atom is 0.391 e. The molecule has 2 rings (SSSR count). The highest BCUT2D eigenvalue weighted by Gasteiger charge is 2.44. The van der Waals surface area contributed by atoms with Crippen molar-refractivity contribution in [3.63, 3.8) is 0 Å². The van der Waals surface area contributed by atoms with E-state index in [1.807, 2.05) is 13.8 Å². The molecule has 1 aromatic rings. The molecule has 23 heavy (non-hydrogen) atoms. The Morgan fingerprint density at radius 2 is 2.04 bits per heavy atom. The molecule has 1 N–H and O–H groups in total. The zero-order valence-corrected chi connectivity index (χ0v) is 13.5. The van der Waals surface area contributed by atoms with Crippen LogP contribution in [-0.2, 0) is 4.79 Å². The molecule has 1 fully saturated rings. The van der Waals surface area contributed by atoms with Crippen molar-refractivity contribution < 1.29 is 22.5 Å². The maximum absolute atomic E-state index is 12.9. The first-order valence-electron chi connectivity index (χ1n) is 7.85. The lowest BCUT2D eigenvalue weighted by atomic mass is 9.80. The number of carbonyl (C=O) groups is 1. The summed E-state index contributed by atoms with van der Waals surface area (Å²) in [5.41, 5.74) is 0. The summed E-state index contributed by atoms with van der Waals surface area (Å²) in [6, 6.07) is -0.491. The molecular weight excluding hydrogens is 311 g/mol. The molecule has 8 heteroatoms. The molecule has 1 aliphatic rings. The molecule has 0 unspecified atom stereocenters. The third-order valence-corrected chi connectivity index (χ3v) is 4.28. The van der Waals surface area contributed by atoms with Gasteiger partial charge in [0, 0.05) is 5.92 Å². The van der Waals surface area contributed by atoms with Crippen molar-refractivity contribution in [1.82, 2.24) is 15.5 Å². The summed E-state index contributed by atoms with van der Waals surface area (Å²) >= 11 is 0. The van der Waals surface area contributed by atoms with Crippen LogP contribution in [0.2, 0.25) is 0 Å². The Morgan fingerprint density at radius 1 is 1.35 bits per heavy atom. The summed E-state index contributed by atoms with van der Waals surface area (Å²) in [6.07, 6.45) is -3.40. The van der Waals surface area contributed by atoms with E-state index in [2.05, 4.69) is 15.5 Å². The van der Waals surface area contributed by atoms with Crippen LogP contribution >= 0.6 is 0 Å². The molecule has 0 saturated heterocycles. The largest absolute Gasteiger partial charge is 0.391 e. The van der Waals surface area contributed by atoms with E-state index in [1.54, 1.807) is 6.92 Å². The first-order valence-corrected chi connectivity index (χ1v) is 7.85. The second kappa shape index (κ2) is 6.88. The number of aromatic nitrogens is 2. The molecule has 1 saturated carbocycles. The Hall–Kier alpha value is -1.60. The van der Waals surface area contributed by atoms with Gasteiger partial charge in [0.15, 0.2) is 5.82 Å². The highest BCUT2D eigenvalue weighted by molar-refractivity contribution is 5.79. The highest BCUT2D eigenvalue weighted by Crippen LogP contribution is 2.40. The molecule has 130 valence electrons. The lowest BCUT2D eigenvalue weighted by Crippen LogP contribution is -2.40. The fraction of sp³-hybridized carbons (Fsp3) is 0.800. The number of hydrogen-bond acceptors (Lipinski definition) is 4. The monoisotopic (exact) mass is 333 g/mol. The maximum atomic E-state index is 12.9. The second-order valence-corrected chi connectivity index (χ2v) is 6.51. The Bertz CT molecular complexity index is 542. The molecular formula is C15H22F3N3O2. The van der Waals surface area contributed by atoms with Gasteiger partial charge in [-0.25, -0.2) is 0 Å². The molecule has 0 spiro atoms. The third kappa shape index (κ3) is 4.45. The number of alkyl halides is 3. The van der Waals surface area contributed by atoms with Gasteiger partial charge in [-0.2, -0.15) is 18.2 Å². The van der Waals surface area contributed by atoms with Crippen LogP contribution in [0.5, 0.6) is 0 Å². The van der Waals surface area contributed by atoms with Gasteiger partial charge < -0.3 is 9.84 Å². The van der Waals surface area contributed by atoms with E-state index >= 15 is 0 Å². The van der Waals surface area contributed by atoms with Gasteiger partial charge in [0.2, 0.25) is 11.8 Å². The number of nitrogens with zero attached hydrogens (tertiary/aromatic N) is 2. The number of carbonyl (C=O) groups excluding carboxylic acids is 1. The third-order valence-electron chi connectivity index (χ3n) is 4.28. The van der Waals surface area contributed by atoms with E-state index in [1.165, 1.54) is 0 Å². The van der Waals surface area contributed by atoms with Crippen LogP contribution in [0, 0.1) is 24.7 Å². The standard InChI is InChI=1S/C15H22F3N3O2/c1-8(2)12(14-19-9(3)21-23-14)20-13(22)10-5-4-6-11(7-10)15(16,17)18/h8,10-12H,4-7H2,1-3H3,(H,20,22)/t10-,11-,12+/m0/s1. The van der Waals surface area contributed by atoms with E-state index in [-0.39, 0.29) is 30.6 Å². The topological polar surface area (TPSA) is 68.0 Å². The van der Waals surface area contributed by atoms with Gasteiger partial charge in [0.25, 0.3) is 0 Å². The van der Waals surface area contributed by atoms with Crippen molar-refractivity contribution >= 4 is 5.91 Å². The minimum Gasteiger partial charge on any atom is -0.344 e. The lowest BCUT2D eigenvalue weighted by Gasteiger charge is -2.31. The Labute approximate surface area is 133 Å². The van der Waals surface area contributed by atoms with Gasteiger partial charge in [-0.1, -0.05) is 25.4 Å². The van der Waals surface area contributed by atoms with Crippen molar-refractivity contribution in [3.05, 3.63) is 11.7 Å². The number of halogens is 3. The molecule has 0 aliphatic heterocycles. The Morgan fingerprint density at radius 3 is 2.57 bits per heavy atom. The molecule has 0 aromatic carbocycles. The number of nitrogens with one attached hydrogen (secondary N) is 1. The Balaban J connectivity index is 2.04. The summed E-state index contributed by atoms with van der Waals surface area (Å²) in [5.74, 6) is -1.66. The summed E-state index contributed by atoms with van der Waals surface area (Å²) in [6.45, 7) is 5.43. The van der Waals surface area contributed by atoms with Crippen LogP contribution in [0.25, 0.3) is 0 Å². The van der Waals surface area contributed by atoms with Gasteiger partial charge >= 0.3 is 6.18 Å². The zero-order valence-electron chi connectivity index (χ0n) is 13.5. The van der Waals surface area contributed by atoms with Crippen molar-refractivity contribution in [2.75, 3.05) is 0 Å². The number of aryl methyl sites for hydroxylation is 1. The van der Waals surface area contributed by atoms with Gasteiger partial charge in [-0.3, -0.25) is 4.79 Å². The van der Waals surface area contributed by atoms with Crippen molar-refractivity contribution in [1.29, 1.82) is 0 Å². The smallest absolute Gasteiger partial charge is 0.344 e. The van der Waals surface area contributed by atoms with E-state index < -0.39 is 24.1 Å². The van der Waals surface area contributed by atoms with E-state index in [0.717, 1.165) is 0 Å². The first kappa shape index (κ1) is 17.7. The molecule has 0 bridgehead atoms. The summed E-state index contributed by atoms with van der Waals surface area (Å²) in [4.78, 5) is 16.5. The molecule has 0 radical (unpaired) electrons. The number of amides is 1. The van der Waals surface area contributed by atoms with Crippen LogP contribution in [0.1, 0.15) is 57.3 Å². The normalized spacial score (nSPS) is 23.8. The highest BCUT2D eigenvalue weighted by atomic mass is 19.4. The van der Waals surface area contributed by atoms with Crippen LogP contribution < -0.4 is 5.32 Å². The zero-order chi connectivity index (χ0) is 17.2. The summed E-state index contributed by atoms with van der Waals surface area (Å²) in [5, 5.41) is 6.48. The van der Waals surface area contributed by atoms with Crippen molar-refractivity contribution in [2.45, 2.75) is 58.7 Å². The van der Waals surface area contributed by atoms with E-state index in [4.69, 9.17) is 4.52 Å². The predicted octanol–water partition coefficient (Wildman–Crippen LogP) is 3.56. The van der Waals surface area contributed by atoms with Crippen molar-refractivity contribution in [3.8, 4) is 0 Å². The fourth-order valence-electron chi connectivity index (χ4n) is 2.95. The Kier molecular flexibility index (Phi) is 5.31. The van der Waals surface area contributed by atoms with Crippen LogP contribution in [-0.4, -0.2) is 22.2 Å². The van der Waals surface area contributed by atoms with Crippen LogP contribution in [0.3, 0.4) is 0 Å². The quantitative estimate of drug-likeness (QED) is 0.915. The van der Waals surface area contributed by atoms with Crippen LogP contribution in [0.4, 0.5) is 13.2 Å². The minimum atomic E-state index is -4.24. The van der Waals surface area contributed by atoms with Crippen molar-refractivity contribution in [2.24, 2.45) is 17.8 Å². The van der Waals surface area contributed by atoms with Gasteiger partial charge in [-0.05, 0) is 32.1 Å². The van der Waals surface area contributed by atoms with Gasteiger partial charge in [-0.15, -0.1) is 0 Å². The number of rotatable bonds is 4. The summed E-state index contributed by atoms with van der Waals surface area (Å²) in [7, 11) is 0. The minimum absolute atomic E-state index is 0.0131. The molecule has 1 aromatic heterocycles. The molecule has 5 nitrogen and oxygen atoms in total. The SMILES string of the molecule is Cc1noc([C@H](NC(=O)[C@H]2CCC[C@H](C(F)(F)F)C2)C(C)C)n1. The van der Waals surface area contributed by atoms with E-state index in [9.17, 15) is 18.0 Å². The molecule has 1 amide bonds. The molecule has 1 heterocycles. The molecule has 3 atom stereocenters. The average molecular weight is 333 g/mol. The second-order valence-electron chi connectivity index (χ2n) is 6.51. The van der Waals surface area contributed by atoms with Gasteiger partial charge in [0.1, 0.15) is 6.04 Å². The first-order chi connectivity index (χ1) is 10.7. The molecule has 1 aliphatic carbocycles. The average Bonchev–Trinajstić information content (AvgIpc) is 2.89. The van der Waals surface area contributed by atoms with Gasteiger partial charge in [0.05, 0.1) is 5.92 Å². The fourth-order valence-corrected chi connectivity index (χ4v) is 2.95.